The molecular formula is C14H16Cl2N2O3. The summed E-state index contributed by atoms with van der Waals surface area (Å²) in [4.78, 5) is 4.43. The van der Waals surface area contributed by atoms with Gasteiger partial charge in [-0.15, -0.1) is 0 Å². The Balaban J connectivity index is 2.12. The number of hydrogen-bond acceptors (Lipinski definition) is 4. The SMILES string of the molecule is Cc1nc2cc(Cl)c(Cl)cc2n1[C@@H]1C[C@H](CO)[C@@H](O)[C@H]1O. The highest BCUT2D eigenvalue weighted by atomic mass is 35.5. The smallest absolute Gasteiger partial charge is 0.107 e. The maximum Gasteiger partial charge on any atom is 0.107 e. The molecule has 1 heterocycles. The van der Waals surface area contributed by atoms with Crippen LogP contribution in [0.25, 0.3) is 11.0 Å². The van der Waals surface area contributed by atoms with Gasteiger partial charge in [0.15, 0.2) is 0 Å². The second kappa shape index (κ2) is 5.41. The molecule has 0 amide bonds. The Morgan fingerprint density at radius 1 is 1.24 bits per heavy atom. The summed E-state index contributed by atoms with van der Waals surface area (Å²) in [6, 6.07) is 3.05. The van der Waals surface area contributed by atoms with Gasteiger partial charge in [0.1, 0.15) is 11.9 Å². The fourth-order valence-electron chi connectivity index (χ4n) is 3.17. The van der Waals surface area contributed by atoms with Crippen molar-refractivity contribution < 1.29 is 15.3 Å². The molecule has 0 unspecified atom stereocenters. The Morgan fingerprint density at radius 3 is 2.52 bits per heavy atom. The molecule has 21 heavy (non-hydrogen) atoms. The molecule has 0 spiro atoms. The average molecular weight is 331 g/mol. The van der Waals surface area contributed by atoms with E-state index in [4.69, 9.17) is 23.2 Å². The molecule has 0 saturated heterocycles. The van der Waals surface area contributed by atoms with Crippen molar-refractivity contribution in [3.05, 3.63) is 28.0 Å². The van der Waals surface area contributed by atoms with E-state index in [1.165, 1.54) is 0 Å². The highest BCUT2D eigenvalue weighted by molar-refractivity contribution is 6.42. The number of rotatable bonds is 2. The zero-order chi connectivity index (χ0) is 15.3. The van der Waals surface area contributed by atoms with Crippen LogP contribution in [0, 0.1) is 12.8 Å². The molecule has 0 bridgehead atoms. The Hall–Kier alpha value is -0.850. The third-order valence-electron chi connectivity index (χ3n) is 4.25. The zero-order valence-electron chi connectivity index (χ0n) is 11.4. The van der Waals surface area contributed by atoms with Gasteiger partial charge in [-0.25, -0.2) is 4.98 Å². The van der Waals surface area contributed by atoms with Gasteiger partial charge in [0.25, 0.3) is 0 Å². The Morgan fingerprint density at radius 2 is 1.90 bits per heavy atom. The molecular weight excluding hydrogens is 315 g/mol. The fraction of sp³-hybridized carbons (Fsp3) is 0.500. The van der Waals surface area contributed by atoms with Gasteiger partial charge >= 0.3 is 0 Å². The number of fused-ring (bicyclic) bond motifs is 1. The van der Waals surface area contributed by atoms with Crippen molar-refractivity contribution in [2.75, 3.05) is 6.61 Å². The lowest BCUT2D eigenvalue weighted by molar-refractivity contribution is -0.00383. The molecule has 4 atom stereocenters. The van der Waals surface area contributed by atoms with Crippen molar-refractivity contribution in [3.63, 3.8) is 0 Å². The molecule has 3 rings (SSSR count). The van der Waals surface area contributed by atoms with Crippen molar-refractivity contribution >= 4 is 34.2 Å². The van der Waals surface area contributed by atoms with Crippen LogP contribution < -0.4 is 0 Å². The Kier molecular flexibility index (Phi) is 3.88. The van der Waals surface area contributed by atoms with Crippen molar-refractivity contribution in [2.24, 2.45) is 5.92 Å². The third kappa shape index (κ3) is 2.33. The Bertz CT molecular complexity index is 688. The molecule has 114 valence electrons. The van der Waals surface area contributed by atoms with Crippen LogP contribution in [0.2, 0.25) is 10.0 Å². The number of benzene rings is 1. The molecule has 5 nitrogen and oxygen atoms in total. The van der Waals surface area contributed by atoms with Gasteiger partial charge in [0.05, 0.1) is 33.2 Å². The summed E-state index contributed by atoms with van der Waals surface area (Å²) in [5, 5.41) is 30.4. The largest absolute Gasteiger partial charge is 0.396 e. The Labute approximate surface area is 131 Å². The summed E-state index contributed by atoms with van der Waals surface area (Å²) in [5.74, 6) is 0.364. The number of aryl methyl sites for hydroxylation is 1. The van der Waals surface area contributed by atoms with Crippen LogP contribution in [0.1, 0.15) is 18.3 Å². The van der Waals surface area contributed by atoms with E-state index < -0.39 is 12.2 Å². The second-order valence-electron chi connectivity index (χ2n) is 5.51. The van der Waals surface area contributed by atoms with E-state index in [-0.39, 0.29) is 18.6 Å². The van der Waals surface area contributed by atoms with Crippen LogP contribution in [0.4, 0.5) is 0 Å². The minimum Gasteiger partial charge on any atom is -0.396 e. The van der Waals surface area contributed by atoms with Gasteiger partial charge in [-0.3, -0.25) is 0 Å². The molecule has 1 aliphatic carbocycles. The molecule has 2 aromatic rings. The van der Waals surface area contributed by atoms with Crippen LogP contribution in [0.5, 0.6) is 0 Å². The predicted octanol–water partition coefficient (Wildman–Crippen LogP) is 1.93. The lowest BCUT2D eigenvalue weighted by Crippen LogP contribution is -2.30. The van der Waals surface area contributed by atoms with Crippen molar-refractivity contribution in [2.45, 2.75) is 31.6 Å². The van der Waals surface area contributed by atoms with E-state index >= 15 is 0 Å². The predicted molar refractivity (Wildman–Crippen MR) is 80.7 cm³/mol. The van der Waals surface area contributed by atoms with Crippen molar-refractivity contribution in [3.8, 4) is 0 Å². The van der Waals surface area contributed by atoms with Gasteiger partial charge in [0, 0.05) is 12.5 Å². The van der Waals surface area contributed by atoms with E-state index in [2.05, 4.69) is 4.98 Å². The first kappa shape index (κ1) is 15.1. The molecule has 1 saturated carbocycles. The first-order valence-electron chi connectivity index (χ1n) is 6.74. The average Bonchev–Trinajstić information content (AvgIpc) is 2.89. The summed E-state index contributed by atoms with van der Waals surface area (Å²) in [7, 11) is 0. The molecule has 1 aromatic heterocycles. The maximum absolute atomic E-state index is 10.3. The molecule has 1 aliphatic rings. The van der Waals surface area contributed by atoms with Crippen molar-refractivity contribution in [1.82, 2.24) is 9.55 Å². The molecule has 7 heteroatoms. The zero-order valence-corrected chi connectivity index (χ0v) is 12.9. The van der Waals surface area contributed by atoms with Gasteiger partial charge in [-0.2, -0.15) is 0 Å². The third-order valence-corrected chi connectivity index (χ3v) is 4.97. The van der Waals surface area contributed by atoms with Gasteiger partial charge < -0.3 is 19.9 Å². The number of imidazole rings is 1. The maximum atomic E-state index is 10.3. The van der Waals surface area contributed by atoms with Gasteiger partial charge in [-0.1, -0.05) is 23.2 Å². The van der Waals surface area contributed by atoms with Crippen LogP contribution in [-0.2, 0) is 0 Å². The number of halogens is 2. The van der Waals surface area contributed by atoms with E-state index in [0.29, 0.717) is 27.8 Å². The monoisotopic (exact) mass is 330 g/mol. The molecule has 1 aromatic carbocycles. The quantitative estimate of drug-likeness (QED) is 0.786. The topological polar surface area (TPSA) is 78.5 Å². The minimum absolute atomic E-state index is 0.160. The summed E-state index contributed by atoms with van der Waals surface area (Å²) in [5.41, 5.74) is 1.45. The normalized spacial score (nSPS) is 29.4. The second-order valence-corrected chi connectivity index (χ2v) is 6.33. The number of aromatic nitrogens is 2. The number of nitrogens with zero attached hydrogens (tertiary/aromatic N) is 2. The highest BCUT2D eigenvalue weighted by Gasteiger charge is 2.42. The van der Waals surface area contributed by atoms with E-state index in [1.54, 1.807) is 12.1 Å². The van der Waals surface area contributed by atoms with Crippen LogP contribution in [-0.4, -0.2) is 43.7 Å². The summed E-state index contributed by atoms with van der Waals surface area (Å²) < 4.78 is 1.86. The summed E-state index contributed by atoms with van der Waals surface area (Å²) in [6.07, 6.45) is -1.42. The number of aliphatic hydroxyl groups is 3. The van der Waals surface area contributed by atoms with E-state index in [0.717, 1.165) is 5.52 Å². The first-order valence-corrected chi connectivity index (χ1v) is 7.50. The van der Waals surface area contributed by atoms with Crippen LogP contribution >= 0.6 is 23.2 Å². The molecule has 3 N–H and O–H groups in total. The molecule has 0 aliphatic heterocycles. The number of hydrogen-bond donors (Lipinski definition) is 3. The first-order chi connectivity index (χ1) is 9.93. The van der Waals surface area contributed by atoms with E-state index in [9.17, 15) is 15.3 Å². The fourth-order valence-corrected chi connectivity index (χ4v) is 3.48. The highest BCUT2D eigenvalue weighted by Crippen LogP contribution is 2.39. The lowest BCUT2D eigenvalue weighted by Gasteiger charge is -2.20. The minimum atomic E-state index is -0.951. The summed E-state index contributed by atoms with van der Waals surface area (Å²) >= 11 is 12.1. The molecule has 1 fully saturated rings. The van der Waals surface area contributed by atoms with E-state index in [1.807, 2.05) is 11.5 Å². The van der Waals surface area contributed by atoms with Crippen LogP contribution in [0.15, 0.2) is 12.1 Å². The summed E-state index contributed by atoms with van der Waals surface area (Å²) in [6.45, 7) is 1.67. The van der Waals surface area contributed by atoms with Crippen molar-refractivity contribution in [1.29, 1.82) is 0 Å². The standard InChI is InChI=1S/C14H16Cl2N2O3/c1-6-17-10-3-8(15)9(16)4-11(10)18(6)12-2-7(5-19)13(20)14(12)21/h3-4,7,12-14,19-21H,2,5H2,1H3/t7-,12-,13-,14+/m1/s1. The van der Waals surface area contributed by atoms with Gasteiger partial charge in [-0.05, 0) is 25.5 Å². The molecule has 0 radical (unpaired) electrons. The number of aliphatic hydroxyl groups excluding tert-OH is 3. The van der Waals surface area contributed by atoms with Crippen LogP contribution in [0.3, 0.4) is 0 Å². The van der Waals surface area contributed by atoms with Gasteiger partial charge in [0.2, 0.25) is 0 Å². The lowest BCUT2D eigenvalue weighted by atomic mass is 10.1.